The number of aliphatic hydroxyl groups is 1. The highest BCUT2D eigenvalue weighted by Gasteiger charge is 1.92. The Labute approximate surface area is 52.7 Å². The van der Waals surface area contributed by atoms with Gasteiger partial charge in [0.25, 0.3) is 0 Å². The largest absolute Gasteiger partial charge is 0.506 e. The molecule has 1 N–H and O–H groups in total. The minimum absolute atomic E-state index is 0.0527. The molecule has 3 heteroatoms. The van der Waals surface area contributed by atoms with Gasteiger partial charge in [-0.1, -0.05) is 6.58 Å². The van der Waals surface area contributed by atoms with Crippen molar-refractivity contribution in [3.63, 3.8) is 0 Å². The van der Waals surface area contributed by atoms with Crippen molar-refractivity contribution in [2.24, 2.45) is 0 Å². The highest BCUT2D eigenvalue weighted by atomic mass is 16.3. The first-order valence-electron chi connectivity index (χ1n) is 2.46. The maximum atomic E-state index is 8.73. The second kappa shape index (κ2) is 2.26. The molecule has 0 radical (unpaired) electrons. The minimum atomic E-state index is -0.0527. The Morgan fingerprint density at radius 2 is 2.44 bits per heavy atom. The lowest BCUT2D eigenvalue weighted by Gasteiger charge is -1.91. The standard InChI is InChI=1S/C6H6N2O/c1-5(9)6-3-2-4-7-8-6/h2-4,9H,1H2. The zero-order valence-electron chi connectivity index (χ0n) is 4.78. The van der Waals surface area contributed by atoms with Crippen molar-refractivity contribution in [3.8, 4) is 0 Å². The summed E-state index contributed by atoms with van der Waals surface area (Å²) in [6.07, 6.45) is 1.53. The van der Waals surface area contributed by atoms with Crippen molar-refractivity contribution >= 4 is 5.76 Å². The van der Waals surface area contributed by atoms with Gasteiger partial charge in [0.1, 0.15) is 11.5 Å². The number of hydrogen-bond donors (Lipinski definition) is 1. The fourth-order valence-electron chi connectivity index (χ4n) is 0.455. The smallest absolute Gasteiger partial charge is 0.135 e. The minimum Gasteiger partial charge on any atom is -0.506 e. The Balaban J connectivity index is 2.98. The molecule has 1 heterocycles. The van der Waals surface area contributed by atoms with Crippen LogP contribution in [-0.4, -0.2) is 15.3 Å². The maximum Gasteiger partial charge on any atom is 0.135 e. The molecular formula is C6H6N2O. The molecule has 0 spiro atoms. The molecule has 0 fully saturated rings. The first-order chi connectivity index (χ1) is 4.30. The van der Waals surface area contributed by atoms with Gasteiger partial charge >= 0.3 is 0 Å². The summed E-state index contributed by atoms with van der Waals surface area (Å²) in [7, 11) is 0. The van der Waals surface area contributed by atoms with E-state index in [1.807, 2.05) is 0 Å². The van der Waals surface area contributed by atoms with Crippen LogP contribution < -0.4 is 0 Å². The zero-order chi connectivity index (χ0) is 6.69. The third kappa shape index (κ3) is 1.25. The van der Waals surface area contributed by atoms with Crippen molar-refractivity contribution in [1.82, 2.24) is 10.2 Å². The highest BCUT2D eigenvalue weighted by Crippen LogP contribution is 2.00. The Morgan fingerprint density at radius 1 is 1.67 bits per heavy atom. The van der Waals surface area contributed by atoms with Crippen LogP contribution in [0, 0.1) is 0 Å². The summed E-state index contributed by atoms with van der Waals surface area (Å²) in [5, 5.41) is 15.8. The monoisotopic (exact) mass is 122 g/mol. The lowest BCUT2D eigenvalue weighted by molar-refractivity contribution is 0.509. The van der Waals surface area contributed by atoms with E-state index in [2.05, 4.69) is 16.8 Å². The second-order valence-electron chi connectivity index (χ2n) is 1.56. The van der Waals surface area contributed by atoms with Crippen LogP contribution in [0.2, 0.25) is 0 Å². The second-order valence-corrected chi connectivity index (χ2v) is 1.56. The number of aromatic nitrogens is 2. The van der Waals surface area contributed by atoms with Gasteiger partial charge in [0.15, 0.2) is 0 Å². The van der Waals surface area contributed by atoms with E-state index < -0.39 is 0 Å². The molecule has 0 saturated carbocycles. The molecule has 0 aliphatic carbocycles. The van der Waals surface area contributed by atoms with E-state index in [0.29, 0.717) is 5.69 Å². The van der Waals surface area contributed by atoms with Crippen molar-refractivity contribution in [3.05, 3.63) is 30.6 Å². The Kier molecular flexibility index (Phi) is 1.44. The molecular weight excluding hydrogens is 116 g/mol. The van der Waals surface area contributed by atoms with Crippen molar-refractivity contribution in [2.45, 2.75) is 0 Å². The van der Waals surface area contributed by atoms with E-state index in [9.17, 15) is 0 Å². The molecule has 0 unspecified atom stereocenters. The van der Waals surface area contributed by atoms with Crippen LogP contribution >= 0.6 is 0 Å². The van der Waals surface area contributed by atoms with Gasteiger partial charge in [-0.15, -0.1) is 5.10 Å². The molecule has 0 aliphatic heterocycles. The number of hydrogen-bond acceptors (Lipinski definition) is 3. The first-order valence-corrected chi connectivity index (χ1v) is 2.46. The van der Waals surface area contributed by atoms with Gasteiger partial charge < -0.3 is 5.11 Å². The van der Waals surface area contributed by atoms with Crippen LogP contribution in [0.25, 0.3) is 5.76 Å². The molecule has 1 aromatic rings. The van der Waals surface area contributed by atoms with E-state index in [1.165, 1.54) is 6.20 Å². The maximum absolute atomic E-state index is 8.73. The van der Waals surface area contributed by atoms with Gasteiger partial charge in [0, 0.05) is 6.20 Å². The fourth-order valence-corrected chi connectivity index (χ4v) is 0.455. The number of aliphatic hydroxyl groups excluding tert-OH is 1. The van der Waals surface area contributed by atoms with Gasteiger partial charge in [0.2, 0.25) is 0 Å². The number of nitrogens with zero attached hydrogens (tertiary/aromatic N) is 2. The van der Waals surface area contributed by atoms with Gasteiger partial charge in [-0.25, -0.2) is 0 Å². The predicted octanol–water partition coefficient (Wildman–Crippen LogP) is 1.01. The SMILES string of the molecule is C=C(O)c1cccnn1. The summed E-state index contributed by atoms with van der Waals surface area (Å²) in [4.78, 5) is 0. The Morgan fingerprint density at radius 3 is 2.78 bits per heavy atom. The summed E-state index contributed by atoms with van der Waals surface area (Å²) < 4.78 is 0. The molecule has 0 aliphatic rings. The van der Waals surface area contributed by atoms with Crippen LogP contribution in [0.15, 0.2) is 24.9 Å². The van der Waals surface area contributed by atoms with Crippen LogP contribution in [0.5, 0.6) is 0 Å². The zero-order valence-corrected chi connectivity index (χ0v) is 4.78. The van der Waals surface area contributed by atoms with Gasteiger partial charge in [0.05, 0.1) is 0 Å². The van der Waals surface area contributed by atoms with Crippen molar-refractivity contribution in [1.29, 1.82) is 0 Å². The van der Waals surface area contributed by atoms with Gasteiger partial charge in [-0.3, -0.25) is 0 Å². The van der Waals surface area contributed by atoms with Crippen molar-refractivity contribution in [2.75, 3.05) is 0 Å². The van der Waals surface area contributed by atoms with E-state index in [1.54, 1.807) is 12.1 Å². The molecule has 1 aromatic heterocycles. The molecule has 0 atom stereocenters. The van der Waals surface area contributed by atoms with Crippen molar-refractivity contribution < 1.29 is 5.11 Å². The third-order valence-electron chi connectivity index (χ3n) is 0.868. The summed E-state index contributed by atoms with van der Waals surface area (Å²) in [6, 6.07) is 3.32. The molecule has 46 valence electrons. The van der Waals surface area contributed by atoms with Gasteiger partial charge in [-0.05, 0) is 12.1 Å². The molecule has 0 amide bonds. The molecule has 1 rings (SSSR count). The average Bonchev–Trinajstić information content (AvgIpc) is 1.90. The predicted molar refractivity (Wildman–Crippen MR) is 33.7 cm³/mol. The summed E-state index contributed by atoms with van der Waals surface area (Å²) in [5.41, 5.74) is 0.414. The topological polar surface area (TPSA) is 46.0 Å². The lowest BCUT2D eigenvalue weighted by atomic mass is 10.3. The van der Waals surface area contributed by atoms with E-state index >= 15 is 0 Å². The Bertz CT molecular complexity index is 208. The highest BCUT2D eigenvalue weighted by molar-refractivity contribution is 5.50. The summed E-state index contributed by atoms with van der Waals surface area (Å²) in [5.74, 6) is -0.0527. The third-order valence-corrected chi connectivity index (χ3v) is 0.868. The molecule has 0 saturated heterocycles. The molecule has 3 nitrogen and oxygen atoms in total. The molecule has 0 bridgehead atoms. The quantitative estimate of drug-likeness (QED) is 0.565. The average molecular weight is 122 g/mol. The van der Waals surface area contributed by atoms with E-state index in [-0.39, 0.29) is 5.76 Å². The molecule has 9 heavy (non-hydrogen) atoms. The fraction of sp³-hybridized carbons (Fsp3) is 0. The molecule has 0 aromatic carbocycles. The van der Waals surface area contributed by atoms with E-state index in [4.69, 9.17) is 5.11 Å². The number of rotatable bonds is 1. The van der Waals surface area contributed by atoms with E-state index in [0.717, 1.165) is 0 Å². The van der Waals surface area contributed by atoms with Crippen LogP contribution in [0.3, 0.4) is 0 Å². The summed E-state index contributed by atoms with van der Waals surface area (Å²) in [6.45, 7) is 3.28. The van der Waals surface area contributed by atoms with Gasteiger partial charge in [-0.2, -0.15) is 5.10 Å². The lowest BCUT2D eigenvalue weighted by Crippen LogP contribution is -1.87. The normalized spacial score (nSPS) is 8.89. The summed E-state index contributed by atoms with van der Waals surface area (Å²) >= 11 is 0. The van der Waals surface area contributed by atoms with Crippen LogP contribution in [0.1, 0.15) is 5.69 Å². The Hall–Kier alpha value is -1.38. The first kappa shape index (κ1) is 5.75. The van der Waals surface area contributed by atoms with Crippen LogP contribution in [-0.2, 0) is 0 Å². The van der Waals surface area contributed by atoms with Crippen LogP contribution in [0.4, 0.5) is 0 Å².